The Kier molecular flexibility index (Phi) is 3.79. The number of carbonyl (C=O) groups excluding carboxylic acids is 1. The summed E-state index contributed by atoms with van der Waals surface area (Å²) in [5, 5.41) is 10.7. The van der Waals surface area contributed by atoms with Crippen LogP contribution in [-0.4, -0.2) is 15.7 Å². The predicted octanol–water partition coefficient (Wildman–Crippen LogP) is 3.16. The smallest absolute Gasteiger partial charge is 0.278 e. The van der Waals surface area contributed by atoms with Gasteiger partial charge in [-0.05, 0) is 24.3 Å². The summed E-state index contributed by atoms with van der Waals surface area (Å²) >= 11 is 0. The fraction of sp³-hybridized carbons (Fsp3) is 0.0769. The molecule has 0 saturated heterocycles. The van der Waals surface area contributed by atoms with E-state index < -0.39 is 28.4 Å². The fourth-order valence-electron chi connectivity index (χ4n) is 1.71. The number of nitrogens with zero attached hydrogens (tertiary/aromatic N) is 2. The Morgan fingerprint density at radius 2 is 1.80 bits per heavy atom. The number of nitro groups is 1. The molecule has 1 heterocycles. The van der Waals surface area contributed by atoms with Crippen molar-refractivity contribution < 1.29 is 18.5 Å². The summed E-state index contributed by atoms with van der Waals surface area (Å²) in [6.07, 6.45) is -0.236. The van der Waals surface area contributed by atoms with Crippen LogP contribution in [0.3, 0.4) is 0 Å². The Balaban J connectivity index is 2.47. The molecule has 0 amide bonds. The van der Waals surface area contributed by atoms with Crippen molar-refractivity contribution in [2.75, 3.05) is 0 Å². The zero-order valence-corrected chi connectivity index (χ0v) is 9.99. The van der Waals surface area contributed by atoms with Crippen molar-refractivity contribution >= 4 is 11.5 Å². The van der Waals surface area contributed by atoms with Crippen molar-refractivity contribution in [3.8, 4) is 0 Å². The second kappa shape index (κ2) is 5.52. The van der Waals surface area contributed by atoms with Crippen LogP contribution in [0.5, 0.6) is 0 Å². The van der Waals surface area contributed by atoms with Crippen molar-refractivity contribution in [1.29, 1.82) is 0 Å². The summed E-state index contributed by atoms with van der Waals surface area (Å²) in [5.74, 6) is -0.496. The average Bonchev–Trinajstić information content (AvgIpc) is 2.46. The molecular formula is C13H8F2N2O3. The van der Waals surface area contributed by atoms with Crippen molar-refractivity contribution in [1.82, 2.24) is 4.98 Å². The minimum absolute atomic E-state index is 0.0305. The van der Waals surface area contributed by atoms with E-state index in [0.717, 1.165) is 18.2 Å². The maximum Gasteiger partial charge on any atom is 0.278 e. The van der Waals surface area contributed by atoms with Crippen LogP contribution in [0.2, 0.25) is 0 Å². The highest BCUT2D eigenvalue weighted by atomic mass is 19.3. The van der Waals surface area contributed by atoms with Gasteiger partial charge in [-0.2, -0.15) is 0 Å². The monoisotopic (exact) mass is 278 g/mol. The van der Waals surface area contributed by atoms with Gasteiger partial charge in [0.2, 0.25) is 0 Å². The van der Waals surface area contributed by atoms with Gasteiger partial charge in [0.15, 0.2) is 5.78 Å². The minimum atomic E-state index is -3.03. The van der Waals surface area contributed by atoms with Gasteiger partial charge in [-0.3, -0.25) is 19.9 Å². The zero-order chi connectivity index (χ0) is 14.7. The Morgan fingerprint density at radius 1 is 1.15 bits per heavy atom. The maximum absolute atomic E-state index is 12.8. The van der Waals surface area contributed by atoms with Crippen LogP contribution in [0.15, 0.2) is 42.7 Å². The lowest BCUT2D eigenvalue weighted by molar-refractivity contribution is -0.386. The molecule has 20 heavy (non-hydrogen) atoms. The largest absolute Gasteiger partial charge is 0.289 e. The lowest BCUT2D eigenvalue weighted by Crippen LogP contribution is -2.04. The Bertz CT molecular complexity index is 660. The molecular weight excluding hydrogens is 270 g/mol. The van der Waals surface area contributed by atoms with E-state index in [1.54, 1.807) is 0 Å². The topological polar surface area (TPSA) is 73.1 Å². The first-order valence-electron chi connectivity index (χ1n) is 5.52. The van der Waals surface area contributed by atoms with Crippen molar-refractivity contribution in [2.24, 2.45) is 0 Å². The second-order valence-electron chi connectivity index (χ2n) is 3.90. The van der Waals surface area contributed by atoms with Gasteiger partial charge >= 0.3 is 0 Å². The van der Waals surface area contributed by atoms with Crippen LogP contribution in [0.25, 0.3) is 0 Å². The molecule has 7 heteroatoms. The van der Waals surface area contributed by atoms with E-state index in [1.807, 2.05) is 0 Å². The quantitative estimate of drug-likeness (QED) is 0.489. The Morgan fingerprint density at radius 3 is 2.35 bits per heavy atom. The molecule has 1 aromatic heterocycles. The molecule has 0 N–H and O–H groups in total. The van der Waals surface area contributed by atoms with Crippen molar-refractivity contribution in [3.63, 3.8) is 0 Å². The lowest BCUT2D eigenvalue weighted by atomic mass is 10.0. The number of aromatic nitrogens is 1. The second-order valence-corrected chi connectivity index (χ2v) is 3.90. The number of carbonyl (C=O) groups is 1. The minimum Gasteiger partial charge on any atom is -0.289 e. The van der Waals surface area contributed by atoms with Crippen LogP contribution in [0.4, 0.5) is 14.5 Å². The molecule has 0 aliphatic rings. The molecule has 0 bridgehead atoms. The van der Waals surface area contributed by atoms with E-state index in [2.05, 4.69) is 4.98 Å². The van der Waals surface area contributed by atoms with Crippen molar-refractivity contribution in [2.45, 2.75) is 6.43 Å². The third kappa shape index (κ3) is 2.66. The molecule has 102 valence electrons. The summed E-state index contributed by atoms with van der Waals surface area (Å²) in [7, 11) is 0. The standard InChI is InChI=1S/C13H8F2N2O3/c14-13(15)10-7-9(1-2-11(10)17(19)20)12(18)8-3-5-16-6-4-8/h1-7,13H. The number of benzene rings is 1. The third-order valence-corrected chi connectivity index (χ3v) is 2.66. The molecule has 0 aliphatic heterocycles. The van der Waals surface area contributed by atoms with E-state index in [9.17, 15) is 23.7 Å². The number of hydrogen-bond acceptors (Lipinski definition) is 4. The summed E-state index contributed by atoms with van der Waals surface area (Å²) in [4.78, 5) is 25.6. The third-order valence-electron chi connectivity index (χ3n) is 2.66. The van der Waals surface area contributed by atoms with Crippen LogP contribution >= 0.6 is 0 Å². The number of halogens is 2. The molecule has 0 spiro atoms. The van der Waals surface area contributed by atoms with Crippen molar-refractivity contribution in [3.05, 3.63) is 69.5 Å². The molecule has 2 rings (SSSR count). The highest BCUT2D eigenvalue weighted by Gasteiger charge is 2.23. The van der Waals surface area contributed by atoms with Gasteiger partial charge in [-0.1, -0.05) is 0 Å². The van der Waals surface area contributed by atoms with Crippen LogP contribution in [0, 0.1) is 10.1 Å². The molecule has 0 unspecified atom stereocenters. The first-order chi connectivity index (χ1) is 9.50. The molecule has 1 aromatic carbocycles. The Hall–Kier alpha value is -2.70. The van der Waals surface area contributed by atoms with Gasteiger partial charge in [0.1, 0.15) is 0 Å². The highest BCUT2D eigenvalue weighted by Crippen LogP contribution is 2.30. The number of rotatable bonds is 4. The first-order valence-corrected chi connectivity index (χ1v) is 5.52. The molecule has 5 nitrogen and oxygen atoms in total. The molecule has 0 fully saturated rings. The lowest BCUT2D eigenvalue weighted by Gasteiger charge is -2.05. The van der Waals surface area contributed by atoms with E-state index in [-0.39, 0.29) is 11.1 Å². The summed E-state index contributed by atoms with van der Waals surface area (Å²) in [5.41, 5.74) is -1.23. The predicted molar refractivity (Wildman–Crippen MR) is 65.7 cm³/mol. The van der Waals surface area contributed by atoms with Crippen LogP contribution in [0.1, 0.15) is 27.9 Å². The maximum atomic E-state index is 12.8. The average molecular weight is 278 g/mol. The summed E-state index contributed by atoms with van der Waals surface area (Å²) in [6, 6.07) is 5.80. The Labute approximate surface area is 112 Å². The van der Waals surface area contributed by atoms with Gasteiger partial charge in [-0.25, -0.2) is 8.78 Å². The molecule has 2 aromatic rings. The number of ketones is 1. The number of nitro benzene ring substituents is 1. The van der Waals surface area contributed by atoms with Gasteiger partial charge in [0, 0.05) is 29.6 Å². The van der Waals surface area contributed by atoms with Crippen LogP contribution in [-0.2, 0) is 0 Å². The van der Waals surface area contributed by atoms with E-state index in [0.29, 0.717) is 0 Å². The number of hydrogen-bond donors (Lipinski definition) is 0. The molecule has 0 radical (unpaired) electrons. The zero-order valence-electron chi connectivity index (χ0n) is 9.99. The van der Waals surface area contributed by atoms with Gasteiger partial charge in [0.25, 0.3) is 12.1 Å². The highest BCUT2D eigenvalue weighted by molar-refractivity contribution is 6.09. The number of pyridine rings is 1. The number of alkyl halides is 2. The van der Waals surface area contributed by atoms with Gasteiger partial charge in [-0.15, -0.1) is 0 Å². The molecule has 0 atom stereocenters. The SMILES string of the molecule is O=C(c1ccncc1)c1ccc([N+](=O)[O-])c(C(F)F)c1. The summed E-state index contributed by atoms with van der Waals surface area (Å²) in [6.45, 7) is 0. The first kappa shape index (κ1) is 13.7. The van der Waals surface area contributed by atoms with E-state index in [1.165, 1.54) is 24.5 Å². The molecule has 0 aliphatic carbocycles. The molecule has 0 saturated carbocycles. The normalized spacial score (nSPS) is 10.6. The summed E-state index contributed by atoms with van der Waals surface area (Å²) < 4.78 is 25.6. The fourth-order valence-corrected chi connectivity index (χ4v) is 1.71. The van der Waals surface area contributed by atoms with Gasteiger partial charge < -0.3 is 0 Å². The van der Waals surface area contributed by atoms with Gasteiger partial charge in [0.05, 0.1) is 10.5 Å². The van der Waals surface area contributed by atoms with Crippen LogP contribution < -0.4 is 0 Å². The van der Waals surface area contributed by atoms with E-state index >= 15 is 0 Å². The van der Waals surface area contributed by atoms with E-state index in [4.69, 9.17) is 0 Å².